The Kier molecular flexibility index (Phi) is 9.48. The second-order valence-electron chi connectivity index (χ2n) is 7.41. The Balaban J connectivity index is 0.000000241. The van der Waals surface area contributed by atoms with Gasteiger partial charge in [-0.2, -0.15) is 0 Å². The second kappa shape index (κ2) is 12.3. The van der Waals surface area contributed by atoms with Crippen molar-refractivity contribution >= 4 is 81.2 Å². The number of benzene rings is 3. The number of aliphatic imine (C=N–C) groups is 1. The molecule has 0 radical (unpaired) electrons. The van der Waals surface area contributed by atoms with Gasteiger partial charge in [-0.05, 0) is 49.5 Å². The predicted molar refractivity (Wildman–Crippen MR) is 153 cm³/mol. The van der Waals surface area contributed by atoms with Gasteiger partial charge in [-0.25, -0.2) is 0 Å². The van der Waals surface area contributed by atoms with Gasteiger partial charge in [0.2, 0.25) is 0 Å². The van der Waals surface area contributed by atoms with Crippen LogP contribution in [0.25, 0.3) is 0 Å². The van der Waals surface area contributed by atoms with Gasteiger partial charge in [-0.15, -0.1) is 0 Å². The van der Waals surface area contributed by atoms with Gasteiger partial charge in [0.1, 0.15) is 0 Å². The molecule has 6 nitrogen and oxygen atoms in total. The maximum Gasteiger partial charge on any atom is 0.266 e. The van der Waals surface area contributed by atoms with Crippen LogP contribution in [0.2, 0.25) is 15.1 Å². The van der Waals surface area contributed by atoms with Gasteiger partial charge in [0.05, 0.1) is 27.6 Å². The summed E-state index contributed by atoms with van der Waals surface area (Å²) in [4.78, 5) is 18.8. The van der Waals surface area contributed by atoms with Gasteiger partial charge in [0, 0.05) is 41.0 Å². The van der Waals surface area contributed by atoms with Crippen molar-refractivity contribution in [3.63, 3.8) is 0 Å². The number of hydrogen-bond donors (Lipinski definition) is 3. The zero-order valence-corrected chi connectivity index (χ0v) is 22.4. The van der Waals surface area contributed by atoms with E-state index in [0.29, 0.717) is 20.8 Å². The lowest BCUT2D eigenvalue weighted by molar-refractivity contribution is -0.119. The second-order valence-corrected chi connectivity index (χ2v) is 8.90. The van der Waals surface area contributed by atoms with Crippen molar-refractivity contribution in [3.05, 3.63) is 86.9 Å². The monoisotopic (exact) mass is 547 g/mol. The molecule has 1 atom stereocenters. The average molecular weight is 549 g/mol. The Morgan fingerprint density at radius 2 is 1.71 bits per heavy atom. The van der Waals surface area contributed by atoms with Crippen LogP contribution in [0.4, 0.5) is 17.1 Å². The molecule has 1 heterocycles. The van der Waals surface area contributed by atoms with Crippen LogP contribution in [0.15, 0.2) is 65.7 Å². The fourth-order valence-electron chi connectivity index (χ4n) is 3.48. The molecule has 0 saturated heterocycles. The third kappa shape index (κ3) is 6.31. The molecule has 0 fully saturated rings. The molecule has 1 unspecified atom stereocenters. The first kappa shape index (κ1) is 26.9. The van der Waals surface area contributed by atoms with Gasteiger partial charge in [-0.3, -0.25) is 15.1 Å². The van der Waals surface area contributed by atoms with E-state index in [9.17, 15) is 4.79 Å². The number of hydrogen-bond acceptors (Lipinski definition) is 5. The van der Waals surface area contributed by atoms with Crippen LogP contribution in [-0.2, 0) is 4.79 Å². The van der Waals surface area contributed by atoms with Crippen LogP contribution in [-0.4, -0.2) is 44.4 Å². The lowest BCUT2D eigenvalue weighted by Gasteiger charge is -2.20. The molecule has 4 rings (SSSR count). The topological polar surface area (TPSA) is 68.8 Å². The molecule has 35 heavy (non-hydrogen) atoms. The molecule has 0 aliphatic carbocycles. The highest BCUT2D eigenvalue weighted by Crippen LogP contribution is 2.31. The van der Waals surface area contributed by atoms with E-state index in [2.05, 4.69) is 33.2 Å². The van der Waals surface area contributed by atoms with E-state index in [1.807, 2.05) is 49.5 Å². The van der Waals surface area contributed by atoms with E-state index in [1.54, 1.807) is 37.2 Å². The Hall–Kier alpha value is -2.68. The summed E-state index contributed by atoms with van der Waals surface area (Å²) in [5.41, 5.74) is 6.19. The van der Waals surface area contributed by atoms with E-state index in [0.717, 1.165) is 28.2 Å². The summed E-state index contributed by atoms with van der Waals surface area (Å²) in [7, 11) is 5.26. The smallest absolute Gasteiger partial charge is 0.266 e. The summed E-state index contributed by atoms with van der Waals surface area (Å²) >= 11 is 23.1. The Morgan fingerprint density at radius 3 is 2.34 bits per heavy atom. The van der Waals surface area contributed by atoms with Crippen LogP contribution >= 0.6 is 47.0 Å². The molecular weight excluding hydrogens is 525 g/mol. The van der Waals surface area contributed by atoms with Crippen LogP contribution < -0.4 is 20.9 Å². The quantitative estimate of drug-likeness (QED) is 0.336. The molecule has 1 amide bonds. The first-order chi connectivity index (χ1) is 16.8. The van der Waals surface area contributed by atoms with Gasteiger partial charge >= 0.3 is 0 Å². The number of anilines is 3. The highest BCUT2D eigenvalue weighted by molar-refractivity contribution is 7.79. The van der Waals surface area contributed by atoms with E-state index in [-0.39, 0.29) is 5.91 Å². The number of fused-ring (bicyclic) bond motifs is 1. The van der Waals surface area contributed by atoms with Crippen molar-refractivity contribution in [2.45, 2.75) is 6.17 Å². The van der Waals surface area contributed by atoms with Crippen molar-refractivity contribution in [2.75, 3.05) is 36.7 Å². The van der Waals surface area contributed by atoms with Crippen LogP contribution in [0.5, 0.6) is 0 Å². The number of likely N-dealkylation sites (N-methyl/N-ethyl adjacent to an activating group) is 2. The minimum absolute atomic E-state index is 0.141. The van der Waals surface area contributed by atoms with E-state index >= 15 is 0 Å². The number of thiocarbonyl (C=S) groups is 1. The number of carbonyl (C=O) groups excluding carboxylic acids is 1. The third-order valence-electron chi connectivity index (χ3n) is 5.26. The van der Waals surface area contributed by atoms with Crippen molar-refractivity contribution in [3.8, 4) is 0 Å². The number of nitrogens with zero attached hydrogens (tertiary/aromatic N) is 2. The van der Waals surface area contributed by atoms with Crippen molar-refractivity contribution in [2.24, 2.45) is 4.99 Å². The van der Waals surface area contributed by atoms with E-state index in [1.165, 1.54) is 5.49 Å². The van der Waals surface area contributed by atoms with Crippen LogP contribution in [0, 0.1) is 0 Å². The normalized spacial score (nSPS) is 14.7. The molecule has 10 heteroatoms. The summed E-state index contributed by atoms with van der Waals surface area (Å²) in [6.07, 6.45) is -0.683. The zero-order valence-electron chi connectivity index (χ0n) is 19.3. The molecular formula is C25H24Cl3N5OS. The molecule has 3 N–H and O–H groups in total. The fraction of sp³-hybridized carbons (Fsp3) is 0.160. The SMILES string of the molecule is CNC1N=C(c2ccccc2Cl)c2cc(Cl)ccc2N(C)C1=O.CNc1ccc(NC=S)cc1Cl. The van der Waals surface area contributed by atoms with E-state index in [4.69, 9.17) is 34.8 Å². The molecule has 0 saturated carbocycles. The summed E-state index contributed by atoms with van der Waals surface area (Å²) in [6, 6.07) is 18.4. The lowest BCUT2D eigenvalue weighted by atomic mass is 10.00. The standard InChI is InChI=1S/C17H15Cl2N3O.C8H9ClN2S/c1-20-16-17(23)22(2)14-8-7-10(18)9-12(14)15(21-16)11-5-3-4-6-13(11)19;1-10-8-3-2-6(11-5-12)4-7(8)9/h3-9,16,20H,1-2H3;2-5,10H,1H3,(H,11,12). The maximum absolute atomic E-state index is 12.6. The van der Waals surface area contributed by atoms with Crippen molar-refractivity contribution in [1.29, 1.82) is 0 Å². The maximum atomic E-state index is 12.6. The van der Waals surface area contributed by atoms with Gasteiger partial charge in [0.15, 0.2) is 6.17 Å². The number of rotatable bonds is 5. The third-order valence-corrected chi connectivity index (χ3v) is 6.26. The predicted octanol–water partition coefficient (Wildman–Crippen LogP) is 6.10. The zero-order chi connectivity index (χ0) is 25.5. The Bertz CT molecular complexity index is 1270. The minimum Gasteiger partial charge on any atom is -0.387 e. The van der Waals surface area contributed by atoms with Crippen molar-refractivity contribution < 1.29 is 4.79 Å². The molecule has 0 bridgehead atoms. The van der Waals surface area contributed by atoms with Crippen LogP contribution in [0.1, 0.15) is 11.1 Å². The summed E-state index contributed by atoms with van der Waals surface area (Å²) in [5.74, 6) is -0.141. The minimum atomic E-state index is -0.683. The molecule has 3 aromatic rings. The number of benzodiazepines with no additional fused rings is 1. The summed E-state index contributed by atoms with van der Waals surface area (Å²) in [6.45, 7) is 0. The molecule has 182 valence electrons. The summed E-state index contributed by atoms with van der Waals surface area (Å²) < 4.78 is 0. The number of halogens is 3. The number of nitrogens with one attached hydrogen (secondary N) is 3. The fourth-order valence-corrected chi connectivity index (χ4v) is 4.29. The van der Waals surface area contributed by atoms with Crippen molar-refractivity contribution in [1.82, 2.24) is 5.32 Å². The molecule has 0 spiro atoms. The number of carbonyl (C=O) groups is 1. The highest BCUT2D eigenvalue weighted by atomic mass is 35.5. The van der Waals surface area contributed by atoms with Gasteiger partial charge in [-0.1, -0.05) is 65.2 Å². The Morgan fingerprint density at radius 1 is 0.971 bits per heavy atom. The van der Waals surface area contributed by atoms with E-state index < -0.39 is 6.17 Å². The van der Waals surface area contributed by atoms with Gasteiger partial charge < -0.3 is 15.5 Å². The Labute approximate surface area is 225 Å². The molecule has 0 aromatic heterocycles. The average Bonchev–Trinajstić information content (AvgIpc) is 2.95. The largest absolute Gasteiger partial charge is 0.387 e. The number of amides is 1. The van der Waals surface area contributed by atoms with Crippen LogP contribution in [0.3, 0.4) is 0 Å². The highest BCUT2D eigenvalue weighted by Gasteiger charge is 2.29. The molecule has 1 aliphatic rings. The molecule has 3 aromatic carbocycles. The van der Waals surface area contributed by atoms with Gasteiger partial charge in [0.25, 0.3) is 5.91 Å². The first-order valence-corrected chi connectivity index (χ1v) is 12.2. The first-order valence-electron chi connectivity index (χ1n) is 10.6. The molecule has 1 aliphatic heterocycles. The summed E-state index contributed by atoms with van der Waals surface area (Å²) in [5, 5.41) is 10.6. The lowest BCUT2D eigenvalue weighted by Crippen LogP contribution is -2.41.